The lowest BCUT2D eigenvalue weighted by molar-refractivity contribution is 0.0318. The normalized spacial score (nSPS) is 14.2. The number of hydrogen-bond donors (Lipinski definition) is 2. The summed E-state index contributed by atoms with van der Waals surface area (Å²) >= 11 is 0. The SMILES string of the molecule is O=C(NCCCn1ccnn1)Nc1ccc(C(=O)OC2CCCC2)cc1. The molecule has 0 spiro atoms. The van der Waals surface area contributed by atoms with E-state index in [2.05, 4.69) is 20.9 Å². The number of anilines is 1. The second-order valence-electron chi connectivity index (χ2n) is 6.29. The van der Waals surface area contributed by atoms with Crippen molar-refractivity contribution in [3.05, 3.63) is 42.2 Å². The first-order chi connectivity index (χ1) is 12.7. The Labute approximate surface area is 151 Å². The molecule has 0 aliphatic heterocycles. The largest absolute Gasteiger partial charge is 0.459 e. The number of urea groups is 1. The van der Waals surface area contributed by atoms with E-state index >= 15 is 0 Å². The van der Waals surface area contributed by atoms with E-state index in [1.807, 2.05) is 0 Å². The minimum atomic E-state index is -0.305. The van der Waals surface area contributed by atoms with Gasteiger partial charge in [0.05, 0.1) is 11.8 Å². The van der Waals surface area contributed by atoms with Crippen LogP contribution in [0.4, 0.5) is 10.5 Å². The molecule has 2 aromatic rings. The molecule has 1 saturated carbocycles. The Kier molecular flexibility index (Phi) is 6.19. The van der Waals surface area contributed by atoms with E-state index in [9.17, 15) is 9.59 Å². The van der Waals surface area contributed by atoms with Gasteiger partial charge < -0.3 is 15.4 Å². The van der Waals surface area contributed by atoms with E-state index in [1.54, 1.807) is 41.3 Å². The summed E-state index contributed by atoms with van der Waals surface area (Å²) in [6.07, 6.45) is 8.33. The summed E-state index contributed by atoms with van der Waals surface area (Å²) in [6.45, 7) is 1.22. The molecule has 8 nitrogen and oxygen atoms in total. The van der Waals surface area contributed by atoms with Crippen LogP contribution in [-0.4, -0.2) is 39.6 Å². The molecule has 1 fully saturated rings. The Bertz CT molecular complexity index is 709. The molecule has 1 aliphatic carbocycles. The van der Waals surface area contributed by atoms with E-state index in [4.69, 9.17) is 4.74 Å². The van der Waals surface area contributed by atoms with Crippen molar-refractivity contribution in [1.82, 2.24) is 20.3 Å². The van der Waals surface area contributed by atoms with Gasteiger partial charge in [0.2, 0.25) is 0 Å². The molecule has 3 rings (SSSR count). The molecule has 26 heavy (non-hydrogen) atoms. The van der Waals surface area contributed by atoms with Crippen LogP contribution in [0.15, 0.2) is 36.7 Å². The number of hydrogen-bond acceptors (Lipinski definition) is 5. The average molecular weight is 357 g/mol. The molecule has 0 bridgehead atoms. The third-order valence-corrected chi connectivity index (χ3v) is 4.28. The van der Waals surface area contributed by atoms with Gasteiger partial charge in [-0.1, -0.05) is 5.21 Å². The van der Waals surface area contributed by atoms with Crippen molar-refractivity contribution in [1.29, 1.82) is 0 Å². The van der Waals surface area contributed by atoms with Crippen molar-refractivity contribution >= 4 is 17.7 Å². The van der Waals surface area contributed by atoms with Crippen LogP contribution in [0.25, 0.3) is 0 Å². The molecule has 0 radical (unpaired) electrons. The second-order valence-corrected chi connectivity index (χ2v) is 6.29. The number of carbonyl (C=O) groups is 2. The summed E-state index contributed by atoms with van der Waals surface area (Å²) in [5.74, 6) is -0.305. The molecule has 1 aromatic heterocycles. The third-order valence-electron chi connectivity index (χ3n) is 4.28. The van der Waals surface area contributed by atoms with Crippen molar-refractivity contribution in [3.8, 4) is 0 Å². The maximum Gasteiger partial charge on any atom is 0.338 e. The number of nitrogens with zero attached hydrogens (tertiary/aromatic N) is 3. The molecule has 0 atom stereocenters. The zero-order valence-electron chi connectivity index (χ0n) is 14.6. The number of aryl methyl sites for hydroxylation is 1. The van der Waals surface area contributed by atoms with Gasteiger partial charge in [0.1, 0.15) is 6.10 Å². The van der Waals surface area contributed by atoms with E-state index in [-0.39, 0.29) is 18.1 Å². The van der Waals surface area contributed by atoms with E-state index in [0.29, 0.717) is 24.3 Å². The van der Waals surface area contributed by atoms with Crippen LogP contribution in [0.2, 0.25) is 0 Å². The lowest BCUT2D eigenvalue weighted by atomic mass is 10.2. The highest BCUT2D eigenvalue weighted by Crippen LogP contribution is 2.22. The van der Waals surface area contributed by atoms with E-state index in [0.717, 1.165) is 32.1 Å². The summed E-state index contributed by atoms with van der Waals surface area (Å²) in [7, 11) is 0. The first-order valence-electron chi connectivity index (χ1n) is 8.91. The monoisotopic (exact) mass is 357 g/mol. The predicted molar refractivity (Wildman–Crippen MR) is 95.8 cm³/mol. The molecular weight excluding hydrogens is 334 g/mol. The number of carbonyl (C=O) groups excluding carboxylic acids is 2. The van der Waals surface area contributed by atoms with Gasteiger partial charge in [-0.25, -0.2) is 9.59 Å². The highest BCUT2D eigenvalue weighted by Gasteiger charge is 2.20. The zero-order chi connectivity index (χ0) is 18.2. The average Bonchev–Trinajstić information content (AvgIpc) is 3.33. The van der Waals surface area contributed by atoms with Crippen molar-refractivity contribution in [2.45, 2.75) is 44.8 Å². The maximum absolute atomic E-state index is 12.1. The molecular formula is C18H23N5O3. The minimum Gasteiger partial charge on any atom is -0.459 e. The van der Waals surface area contributed by atoms with Gasteiger partial charge in [0, 0.05) is 25.0 Å². The van der Waals surface area contributed by atoms with Gasteiger partial charge in [-0.15, -0.1) is 5.10 Å². The van der Waals surface area contributed by atoms with Crippen LogP contribution < -0.4 is 10.6 Å². The highest BCUT2D eigenvalue weighted by molar-refractivity contribution is 5.92. The molecule has 2 N–H and O–H groups in total. The summed E-state index contributed by atoms with van der Waals surface area (Å²) in [5.41, 5.74) is 1.12. The van der Waals surface area contributed by atoms with Gasteiger partial charge in [0.15, 0.2) is 0 Å². The summed E-state index contributed by atoms with van der Waals surface area (Å²) in [4.78, 5) is 23.9. The Morgan fingerprint density at radius 2 is 1.96 bits per heavy atom. The fraction of sp³-hybridized carbons (Fsp3) is 0.444. The molecule has 0 unspecified atom stereocenters. The molecule has 0 saturated heterocycles. The Hall–Kier alpha value is -2.90. The lowest BCUT2D eigenvalue weighted by Gasteiger charge is -2.12. The number of amides is 2. The summed E-state index contributed by atoms with van der Waals surface area (Å²) in [5, 5.41) is 13.1. The maximum atomic E-state index is 12.1. The quantitative estimate of drug-likeness (QED) is 0.586. The van der Waals surface area contributed by atoms with E-state index in [1.165, 1.54) is 0 Å². The van der Waals surface area contributed by atoms with E-state index < -0.39 is 0 Å². The number of ether oxygens (including phenoxy) is 1. The smallest absolute Gasteiger partial charge is 0.338 e. The number of nitrogens with one attached hydrogen (secondary N) is 2. The van der Waals surface area contributed by atoms with Gasteiger partial charge in [-0.05, 0) is 56.4 Å². The van der Waals surface area contributed by atoms with Crippen molar-refractivity contribution in [2.24, 2.45) is 0 Å². The van der Waals surface area contributed by atoms with Crippen LogP contribution in [0.1, 0.15) is 42.5 Å². The van der Waals surface area contributed by atoms with Gasteiger partial charge in [-0.2, -0.15) is 0 Å². The van der Waals surface area contributed by atoms with Crippen LogP contribution in [0.3, 0.4) is 0 Å². The van der Waals surface area contributed by atoms with Gasteiger partial charge in [0.25, 0.3) is 0 Å². The first-order valence-corrected chi connectivity index (χ1v) is 8.91. The van der Waals surface area contributed by atoms with Crippen molar-refractivity contribution < 1.29 is 14.3 Å². The lowest BCUT2D eigenvalue weighted by Crippen LogP contribution is -2.30. The molecule has 138 valence electrons. The number of esters is 1. The zero-order valence-corrected chi connectivity index (χ0v) is 14.6. The van der Waals surface area contributed by atoms with Gasteiger partial charge >= 0.3 is 12.0 Å². The Balaban J connectivity index is 1.38. The number of aromatic nitrogens is 3. The third kappa shape index (κ3) is 5.30. The Morgan fingerprint density at radius 1 is 1.19 bits per heavy atom. The van der Waals surface area contributed by atoms with Crippen LogP contribution in [0, 0.1) is 0 Å². The highest BCUT2D eigenvalue weighted by atomic mass is 16.5. The summed E-state index contributed by atoms with van der Waals surface area (Å²) < 4.78 is 7.18. The molecule has 2 amide bonds. The van der Waals surface area contributed by atoms with Crippen LogP contribution in [-0.2, 0) is 11.3 Å². The molecule has 1 heterocycles. The van der Waals surface area contributed by atoms with Gasteiger partial charge in [-0.3, -0.25) is 4.68 Å². The minimum absolute atomic E-state index is 0.0450. The fourth-order valence-electron chi connectivity index (χ4n) is 2.89. The standard InChI is InChI=1S/C18H23N5O3/c24-17(26-16-4-1-2-5-16)14-6-8-15(9-7-14)21-18(25)19-10-3-12-23-13-11-20-22-23/h6-9,11,13,16H,1-5,10,12H2,(H2,19,21,25). The second kappa shape index (κ2) is 8.98. The number of rotatable bonds is 7. The summed E-state index contributed by atoms with van der Waals surface area (Å²) in [6, 6.07) is 6.43. The van der Waals surface area contributed by atoms with Crippen LogP contribution >= 0.6 is 0 Å². The van der Waals surface area contributed by atoms with Crippen LogP contribution in [0.5, 0.6) is 0 Å². The first kappa shape index (κ1) is 17.9. The van der Waals surface area contributed by atoms with Crippen molar-refractivity contribution in [2.75, 3.05) is 11.9 Å². The topological polar surface area (TPSA) is 98.1 Å². The van der Waals surface area contributed by atoms with Crippen molar-refractivity contribution in [3.63, 3.8) is 0 Å². The molecule has 8 heteroatoms. The number of benzene rings is 1. The molecule has 1 aliphatic rings. The molecule has 1 aromatic carbocycles. The fourth-order valence-corrected chi connectivity index (χ4v) is 2.89. The predicted octanol–water partition coefficient (Wildman–Crippen LogP) is 2.59. The Morgan fingerprint density at radius 3 is 2.65 bits per heavy atom.